The summed E-state index contributed by atoms with van der Waals surface area (Å²) in [4.78, 5) is 6.89. The standard InChI is InChI=1S/C21H30N6O/c1-15-4-7-22-21(10-15)26-8-5-19(6-9-26)27-13-18(24-25-27)14-28-20-11-16-2-3-17(12-20)23-16/h4,7,10,13,16-17,19-20,23H,2-3,5-6,8-9,11-12,14H2,1H3/t16-,17+,20?. The Morgan fingerprint density at radius 2 is 1.93 bits per heavy atom. The molecule has 3 fully saturated rings. The van der Waals surface area contributed by atoms with Crippen molar-refractivity contribution >= 4 is 5.82 Å². The summed E-state index contributed by atoms with van der Waals surface area (Å²) in [7, 11) is 0. The summed E-state index contributed by atoms with van der Waals surface area (Å²) in [5, 5.41) is 12.4. The van der Waals surface area contributed by atoms with Crippen LogP contribution in [0, 0.1) is 6.92 Å². The van der Waals surface area contributed by atoms with Crippen LogP contribution < -0.4 is 10.2 Å². The van der Waals surface area contributed by atoms with Gasteiger partial charge in [-0.3, -0.25) is 0 Å². The molecular formula is C21H30N6O. The predicted octanol–water partition coefficient (Wildman–Crippen LogP) is 2.62. The van der Waals surface area contributed by atoms with E-state index in [1.165, 1.54) is 18.4 Å². The van der Waals surface area contributed by atoms with Crippen molar-refractivity contribution in [1.29, 1.82) is 0 Å². The maximum absolute atomic E-state index is 6.16. The fourth-order valence-electron chi connectivity index (χ4n) is 4.96. The van der Waals surface area contributed by atoms with Gasteiger partial charge in [-0.2, -0.15) is 0 Å². The largest absolute Gasteiger partial charge is 0.372 e. The van der Waals surface area contributed by atoms with Crippen molar-refractivity contribution in [3.8, 4) is 0 Å². The average molecular weight is 383 g/mol. The van der Waals surface area contributed by atoms with E-state index in [1.54, 1.807) is 0 Å². The molecule has 3 aliphatic rings. The van der Waals surface area contributed by atoms with Crippen LogP contribution in [0.4, 0.5) is 5.82 Å². The molecule has 2 aromatic heterocycles. The Morgan fingerprint density at radius 1 is 1.14 bits per heavy atom. The highest BCUT2D eigenvalue weighted by Gasteiger charge is 2.34. The van der Waals surface area contributed by atoms with Gasteiger partial charge in [0, 0.05) is 31.4 Å². The second-order valence-electron chi connectivity index (χ2n) is 8.64. The lowest BCUT2D eigenvalue weighted by molar-refractivity contribution is 0.00762. The first-order chi connectivity index (χ1) is 13.7. The predicted molar refractivity (Wildman–Crippen MR) is 107 cm³/mol. The van der Waals surface area contributed by atoms with E-state index < -0.39 is 0 Å². The summed E-state index contributed by atoms with van der Waals surface area (Å²) in [6, 6.07) is 5.94. The maximum atomic E-state index is 6.16. The third kappa shape index (κ3) is 3.91. The van der Waals surface area contributed by atoms with Crippen molar-refractivity contribution in [2.75, 3.05) is 18.0 Å². The van der Waals surface area contributed by atoms with E-state index in [2.05, 4.69) is 44.7 Å². The van der Waals surface area contributed by atoms with Crippen LogP contribution in [-0.2, 0) is 11.3 Å². The van der Waals surface area contributed by atoms with E-state index >= 15 is 0 Å². The third-order valence-electron chi connectivity index (χ3n) is 6.52. The van der Waals surface area contributed by atoms with E-state index in [4.69, 9.17) is 4.74 Å². The fourth-order valence-corrected chi connectivity index (χ4v) is 4.96. The smallest absolute Gasteiger partial charge is 0.128 e. The number of piperidine rings is 2. The molecule has 28 heavy (non-hydrogen) atoms. The lowest BCUT2D eigenvalue weighted by Crippen LogP contribution is -2.41. The molecule has 1 unspecified atom stereocenters. The number of rotatable bonds is 5. The summed E-state index contributed by atoms with van der Waals surface area (Å²) < 4.78 is 8.21. The minimum atomic E-state index is 0.369. The van der Waals surface area contributed by atoms with Crippen molar-refractivity contribution < 1.29 is 4.74 Å². The molecule has 0 spiro atoms. The van der Waals surface area contributed by atoms with Crippen LogP contribution in [-0.4, -0.2) is 51.3 Å². The lowest BCUT2D eigenvalue weighted by Gasteiger charge is -2.32. The van der Waals surface area contributed by atoms with Gasteiger partial charge < -0.3 is 15.0 Å². The van der Waals surface area contributed by atoms with Crippen LogP contribution in [0.3, 0.4) is 0 Å². The molecule has 3 atom stereocenters. The van der Waals surface area contributed by atoms with Gasteiger partial charge in [-0.25, -0.2) is 9.67 Å². The first kappa shape index (κ1) is 18.1. The fraction of sp³-hybridized carbons (Fsp3) is 0.667. The normalized spacial score (nSPS) is 28.0. The highest BCUT2D eigenvalue weighted by atomic mass is 16.5. The Balaban J connectivity index is 1.13. The number of nitrogens with zero attached hydrogens (tertiary/aromatic N) is 5. The molecule has 0 aliphatic carbocycles. The van der Waals surface area contributed by atoms with Crippen molar-refractivity contribution in [3.63, 3.8) is 0 Å². The second kappa shape index (κ2) is 7.79. The summed E-state index contributed by atoms with van der Waals surface area (Å²) in [5.74, 6) is 1.09. The van der Waals surface area contributed by atoms with Crippen molar-refractivity contribution in [1.82, 2.24) is 25.3 Å². The van der Waals surface area contributed by atoms with Gasteiger partial charge >= 0.3 is 0 Å². The van der Waals surface area contributed by atoms with Crippen LogP contribution in [0.15, 0.2) is 24.5 Å². The molecule has 7 nitrogen and oxygen atoms in total. The number of ether oxygens (including phenoxy) is 1. The van der Waals surface area contributed by atoms with Crippen LogP contribution >= 0.6 is 0 Å². The monoisotopic (exact) mass is 382 g/mol. The van der Waals surface area contributed by atoms with E-state index in [1.807, 2.05) is 16.9 Å². The molecule has 5 rings (SSSR count). The van der Waals surface area contributed by atoms with Gasteiger partial charge in [-0.15, -0.1) is 5.10 Å². The van der Waals surface area contributed by atoms with E-state index in [9.17, 15) is 0 Å². The second-order valence-corrected chi connectivity index (χ2v) is 8.64. The van der Waals surface area contributed by atoms with Gasteiger partial charge in [0.25, 0.3) is 0 Å². The summed E-state index contributed by atoms with van der Waals surface area (Å²) in [6.07, 6.45) is 11.4. The van der Waals surface area contributed by atoms with Crippen LogP contribution in [0.2, 0.25) is 0 Å². The van der Waals surface area contributed by atoms with Gasteiger partial charge in [-0.1, -0.05) is 5.21 Å². The summed E-state index contributed by atoms with van der Waals surface area (Å²) in [6.45, 7) is 4.71. The van der Waals surface area contributed by atoms with Gasteiger partial charge in [0.15, 0.2) is 0 Å². The molecule has 0 amide bonds. The quantitative estimate of drug-likeness (QED) is 0.857. The molecule has 150 valence electrons. The Bertz CT molecular complexity index is 788. The average Bonchev–Trinajstić information content (AvgIpc) is 3.33. The number of aryl methyl sites for hydroxylation is 1. The minimum Gasteiger partial charge on any atom is -0.372 e. The zero-order chi connectivity index (χ0) is 18.9. The SMILES string of the molecule is Cc1ccnc(N2CCC(n3cc(COC4C[C@H]5CC[C@@H](C4)N5)nn3)CC2)c1. The van der Waals surface area contributed by atoms with Gasteiger partial charge in [-0.05, 0) is 63.1 Å². The zero-order valence-corrected chi connectivity index (χ0v) is 16.6. The Labute approximate surface area is 166 Å². The highest BCUT2D eigenvalue weighted by molar-refractivity contribution is 5.41. The van der Waals surface area contributed by atoms with Crippen LogP contribution in [0.25, 0.3) is 0 Å². The molecule has 2 aromatic rings. The Morgan fingerprint density at radius 3 is 2.68 bits per heavy atom. The first-order valence-corrected chi connectivity index (χ1v) is 10.7. The zero-order valence-electron chi connectivity index (χ0n) is 16.6. The number of hydrogen-bond acceptors (Lipinski definition) is 6. The van der Waals surface area contributed by atoms with Crippen LogP contribution in [0.1, 0.15) is 55.8 Å². The molecule has 5 heterocycles. The van der Waals surface area contributed by atoms with E-state index in [-0.39, 0.29) is 0 Å². The summed E-state index contributed by atoms with van der Waals surface area (Å²) >= 11 is 0. The van der Waals surface area contributed by atoms with Gasteiger partial charge in [0.2, 0.25) is 0 Å². The molecular weight excluding hydrogens is 352 g/mol. The maximum Gasteiger partial charge on any atom is 0.128 e. The molecule has 3 saturated heterocycles. The number of anilines is 1. The van der Waals surface area contributed by atoms with E-state index in [0.29, 0.717) is 30.8 Å². The summed E-state index contributed by atoms with van der Waals surface area (Å²) in [5.41, 5.74) is 2.21. The number of pyridine rings is 1. The van der Waals surface area contributed by atoms with Crippen molar-refractivity contribution in [3.05, 3.63) is 35.8 Å². The molecule has 0 saturated carbocycles. The Kier molecular flexibility index (Phi) is 5.03. The van der Waals surface area contributed by atoms with Gasteiger partial charge in [0.05, 0.1) is 24.9 Å². The molecule has 7 heteroatoms. The van der Waals surface area contributed by atoms with Crippen molar-refractivity contribution in [2.24, 2.45) is 0 Å². The number of hydrogen-bond donors (Lipinski definition) is 1. The minimum absolute atomic E-state index is 0.369. The molecule has 1 N–H and O–H groups in total. The molecule has 3 aliphatic heterocycles. The number of nitrogens with one attached hydrogen (secondary N) is 1. The van der Waals surface area contributed by atoms with Crippen molar-refractivity contribution in [2.45, 2.75) is 76.3 Å². The van der Waals surface area contributed by atoms with Crippen LogP contribution in [0.5, 0.6) is 0 Å². The highest BCUT2D eigenvalue weighted by Crippen LogP contribution is 2.29. The molecule has 0 radical (unpaired) electrons. The Hall–Kier alpha value is -1.99. The first-order valence-electron chi connectivity index (χ1n) is 10.7. The molecule has 2 bridgehead atoms. The van der Waals surface area contributed by atoms with E-state index in [0.717, 1.165) is 50.3 Å². The van der Waals surface area contributed by atoms with Gasteiger partial charge in [0.1, 0.15) is 11.5 Å². The third-order valence-corrected chi connectivity index (χ3v) is 6.52. The lowest BCUT2D eigenvalue weighted by atomic mass is 10.0. The topological polar surface area (TPSA) is 68.1 Å². The molecule has 0 aromatic carbocycles. The number of fused-ring (bicyclic) bond motifs is 2. The number of aromatic nitrogens is 4.